The van der Waals surface area contributed by atoms with Gasteiger partial charge in [-0.1, -0.05) is 23.0 Å². The summed E-state index contributed by atoms with van der Waals surface area (Å²) in [5.74, 6) is -0.807. The van der Waals surface area contributed by atoms with Crippen LogP contribution in [-0.2, 0) is 11.9 Å². The van der Waals surface area contributed by atoms with Crippen molar-refractivity contribution in [3.63, 3.8) is 0 Å². The molecule has 10 heteroatoms. The van der Waals surface area contributed by atoms with E-state index in [1.807, 2.05) is 29.0 Å². The third kappa shape index (κ3) is 4.06. The van der Waals surface area contributed by atoms with Crippen molar-refractivity contribution in [1.82, 2.24) is 24.7 Å². The SMILES string of the molecule is FC(F)(F)c1nc(-c2ccc(-n3cnc(CSc4ccccn4)c3)cc2)no1. The summed E-state index contributed by atoms with van der Waals surface area (Å²) in [5.41, 5.74) is 2.12. The summed E-state index contributed by atoms with van der Waals surface area (Å²) in [6.45, 7) is 0. The van der Waals surface area contributed by atoms with Crippen LogP contribution in [0.15, 0.2) is 70.7 Å². The highest BCUT2D eigenvalue weighted by Gasteiger charge is 2.38. The smallest absolute Gasteiger partial charge is 0.329 e. The molecule has 0 bridgehead atoms. The number of hydrogen-bond donors (Lipinski definition) is 0. The van der Waals surface area contributed by atoms with Gasteiger partial charge in [-0.3, -0.25) is 0 Å². The lowest BCUT2D eigenvalue weighted by Crippen LogP contribution is -2.04. The highest BCUT2D eigenvalue weighted by Crippen LogP contribution is 2.29. The number of thioether (sulfide) groups is 1. The summed E-state index contributed by atoms with van der Waals surface area (Å²) in [6, 6.07) is 12.5. The monoisotopic (exact) mass is 403 g/mol. The normalized spacial score (nSPS) is 11.7. The number of rotatable bonds is 5. The zero-order valence-electron chi connectivity index (χ0n) is 14.2. The molecule has 0 atom stereocenters. The topological polar surface area (TPSA) is 69.6 Å². The van der Waals surface area contributed by atoms with Crippen LogP contribution in [0.2, 0.25) is 0 Å². The molecule has 0 amide bonds. The maximum atomic E-state index is 12.6. The summed E-state index contributed by atoms with van der Waals surface area (Å²) >= 11 is 1.58. The molecule has 6 nitrogen and oxygen atoms in total. The Bertz CT molecular complexity index is 1060. The van der Waals surface area contributed by atoms with Crippen LogP contribution < -0.4 is 0 Å². The van der Waals surface area contributed by atoms with Crippen molar-refractivity contribution in [2.45, 2.75) is 17.0 Å². The summed E-state index contributed by atoms with van der Waals surface area (Å²) < 4.78 is 43.8. The largest absolute Gasteiger partial charge is 0.471 e. The van der Waals surface area contributed by atoms with Gasteiger partial charge in [0.1, 0.15) is 0 Å². The van der Waals surface area contributed by atoms with Crippen LogP contribution in [-0.4, -0.2) is 24.7 Å². The number of aromatic nitrogens is 5. The average Bonchev–Trinajstić information content (AvgIpc) is 3.37. The molecule has 0 aliphatic carbocycles. The van der Waals surface area contributed by atoms with Crippen molar-refractivity contribution < 1.29 is 17.7 Å². The summed E-state index contributed by atoms with van der Waals surface area (Å²) in [6.07, 6.45) is 0.649. The molecule has 142 valence electrons. The molecule has 3 aromatic heterocycles. The first-order chi connectivity index (χ1) is 13.5. The third-order valence-electron chi connectivity index (χ3n) is 3.73. The van der Waals surface area contributed by atoms with Crippen molar-refractivity contribution in [1.29, 1.82) is 0 Å². The highest BCUT2D eigenvalue weighted by atomic mass is 32.2. The second-order valence-electron chi connectivity index (χ2n) is 5.70. The fourth-order valence-corrected chi connectivity index (χ4v) is 3.15. The molecule has 0 fully saturated rings. The summed E-state index contributed by atoms with van der Waals surface area (Å²) in [4.78, 5) is 12.0. The Labute approximate surface area is 161 Å². The third-order valence-corrected chi connectivity index (χ3v) is 4.71. The van der Waals surface area contributed by atoms with Crippen LogP contribution in [0.25, 0.3) is 17.1 Å². The van der Waals surface area contributed by atoms with Crippen LogP contribution in [0.4, 0.5) is 13.2 Å². The van der Waals surface area contributed by atoms with Crippen molar-refractivity contribution in [3.8, 4) is 17.1 Å². The van der Waals surface area contributed by atoms with Gasteiger partial charge in [-0.25, -0.2) is 9.97 Å². The van der Waals surface area contributed by atoms with Gasteiger partial charge in [0.05, 0.1) is 17.0 Å². The van der Waals surface area contributed by atoms with E-state index in [9.17, 15) is 13.2 Å². The van der Waals surface area contributed by atoms with Crippen molar-refractivity contribution >= 4 is 11.8 Å². The van der Waals surface area contributed by atoms with Gasteiger partial charge >= 0.3 is 12.1 Å². The Morgan fingerprint density at radius 3 is 2.54 bits per heavy atom. The van der Waals surface area contributed by atoms with E-state index in [2.05, 4.69) is 24.6 Å². The number of pyridine rings is 1. The molecule has 0 aliphatic rings. The minimum Gasteiger partial charge on any atom is -0.329 e. The molecule has 0 N–H and O–H groups in total. The van der Waals surface area contributed by atoms with E-state index in [-0.39, 0.29) is 5.82 Å². The second kappa shape index (κ2) is 7.47. The Hall–Kier alpha value is -3.14. The maximum Gasteiger partial charge on any atom is 0.471 e. The molecule has 1 aromatic carbocycles. The molecule has 0 saturated heterocycles. The van der Waals surface area contributed by atoms with E-state index in [1.165, 1.54) is 0 Å². The first-order valence-electron chi connectivity index (χ1n) is 8.07. The molecule has 3 heterocycles. The van der Waals surface area contributed by atoms with E-state index in [0.29, 0.717) is 11.3 Å². The molecule has 4 rings (SSSR count). The lowest BCUT2D eigenvalue weighted by Gasteiger charge is -2.02. The molecule has 4 aromatic rings. The fourth-order valence-electron chi connectivity index (χ4n) is 2.40. The zero-order valence-corrected chi connectivity index (χ0v) is 15.0. The Morgan fingerprint density at radius 1 is 1.04 bits per heavy atom. The van der Waals surface area contributed by atoms with E-state index in [4.69, 9.17) is 0 Å². The van der Waals surface area contributed by atoms with E-state index >= 15 is 0 Å². The molecule has 0 spiro atoms. The maximum absolute atomic E-state index is 12.6. The summed E-state index contributed by atoms with van der Waals surface area (Å²) in [7, 11) is 0. The Kier molecular flexibility index (Phi) is 4.86. The first kappa shape index (κ1) is 18.2. The zero-order chi connectivity index (χ0) is 19.6. The highest BCUT2D eigenvalue weighted by molar-refractivity contribution is 7.98. The van der Waals surface area contributed by atoms with Crippen LogP contribution in [0.3, 0.4) is 0 Å². The molecule has 0 saturated carbocycles. The quantitative estimate of drug-likeness (QED) is 0.453. The molecular weight excluding hydrogens is 391 g/mol. The number of nitrogens with zero attached hydrogens (tertiary/aromatic N) is 5. The van der Waals surface area contributed by atoms with Gasteiger partial charge in [0.15, 0.2) is 0 Å². The van der Waals surface area contributed by atoms with Gasteiger partial charge in [0.2, 0.25) is 5.82 Å². The summed E-state index contributed by atoms with van der Waals surface area (Å²) in [5, 5.41) is 4.30. The van der Waals surface area contributed by atoms with Gasteiger partial charge in [0, 0.05) is 29.4 Å². The number of hydrogen-bond acceptors (Lipinski definition) is 6. The fraction of sp³-hybridized carbons (Fsp3) is 0.111. The predicted octanol–water partition coefficient (Wildman–Crippen LogP) is 4.63. The second-order valence-corrected chi connectivity index (χ2v) is 6.69. The van der Waals surface area contributed by atoms with Crippen LogP contribution >= 0.6 is 11.8 Å². The molecule has 28 heavy (non-hydrogen) atoms. The standard InChI is InChI=1S/C18H12F3N5OS/c19-18(20,21)17-24-16(25-27-17)12-4-6-14(7-5-12)26-9-13(23-11-26)10-28-15-3-1-2-8-22-15/h1-9,11H,10H2. The number of benzene rings is 1. The van der Waals surface area contributed by atoms with Gasteiger partial charge in [0.25, 0.3) is 0 Å². The minimum absolute atomic E-state index is 0.114. The van der Waals surface area contributed by atoms with E-state index < -0.39 is 12.1 Å². The predicted molar refractivity (Wildman–Crippen MR) is 95.7 cm³/mol. The van der Waals surface area contributed by atoms with Crippen molar-refractivity contribution in [2.75, 3.05) is 0 Å². The number of alkyl halides is 3. The molecule has 0 unspecified atom stereocenters. The van der Waals surface area contributed by atoms with Crippen molar-refractivity contribution in [3.05, 3.63) is 72.8 Å². The molecule has 0 aliphatic heterocycles. The van der Waals surface area contributed by atoms with E-state index in [0.717, 1.165) is 16.4 Å². The van der Waals surface area contributed by atoms with Gasteiger partial charge in [-0.15, -0.1) is 0 Å². The van der Waals surface area contributed by atoms with Crippen molar-refractivity contribution in [2.24, 2.45) is 0 Å². The molecular formula is C18H12F3N5OS. The number of halogens is 3. The van der Waals surface area contributed by atoms with Crippen LogP contribution in [0.1, 0.15) is 11.6 Å². The average molecular weight is 403 g/mol. The minimum atomic E-state index is -4.66. The Morgan fingerprint density at radius 2 is 1.86 bits per heavy atom. The first-order valence-corrected chi connectivity index (χ1v) is 9.06. The van der Waals surface area contributed by atoms with Crippen LogP contribution in [0.5, 0.6) is 0 Å². The number of imidazole rings is 1. The van der Waals surface area contributed by atoms with Gasteiger partial charge < -0.3 is 9.09 Å². The lowest BCUT2D eigenvalue weighted by atomic mass is 10.2. The lowest BCUT2D eigenvalue weighted by molar-refractivity contribution is -0.159. The van der Waals surface area contributed by atoms with E-state index in [1.54, 1.807) is 48.6 Å². The van der Waals surface area contributed by atoms with Gasteiger partial charge in [-0.05, 0) is 36.4 Å². The van der Waals surface area contributed by atoms with Gasteiger partial charge in [-0.2, -0.15) is 18.2 Å². The molecule has 0 radical (unpaired) electrons. The Balaban J connectivity index is 1.45. The van der Waals surface area contributed by atoms with Crippen LogP contribution in [0, 0.1) is 0 Å².